The van der Waals surface area contributed by atoms with Gasteiger partial charge in [0.05, 0.1) is 0 Å². The molecule has 6 heteroatoms. The Morgan fingerprint density at radius 1 is 1.00 bits per heavy atom. The van der Waals surface area contributed by atoms with Crippen molar-refractivity contribution in [3.05, 3.63) is 64.7 Å². The molecule has 0 spiro atoms. The van der Waals surface area contributed by atoms with Crippen LogP contribution in [0.5, 0.6) is 0 Å². The van der Waals surface area contributed by atoms with Gasteiger partial charge in [0.1, 0.15) is 0 Å². The molecule has 1 saturated heterocycles. The topological polar surface area (TPSA) is 79.9 Å². The average molecular weight is 423 g/mol. The summed E-state index contributed by atoms with van der Waals surface area (Å²) >= 11 is 0. The van der Waals surface area contributed by atoms with Crippen molar-refractivity contribution < 1.29 is 9.63 Å². The lowest BCUT2D eigenvalue weighted by atomic mass is 10.0. The minimum absolute atomic E-state index is 0.184. The summed E-state index contributed by atoms with van der Waals surface area (Å²) in [6.07, 6.45) is 5.49. The number of benzene rings is 2. The Morgan fingerprint density at radius 3 is 2.32 bits per heavy atom. The van der Waals surface area contributed by atoms with Gasteiger partial charge in [-0.25, -0.2) is 0 Å². The zero-order valence-corrected chi connectivity index (χ0v) is 18.7. The Morgan fingerprint density at radius 2 is 1.65 bits per heavy atom. The fraction of sp³-hybridized carbons (Fsp3) is 0.440. The molecule has 1 fully saturated rings. The van der Waals surface area contributed by atoms with Gasteiger partial charge in [0.2, 0.25) is 0 Å². The number of nitrogens with zero attached hydrogens (tertiary/aromatic N) is 2. The van der Waals surface area contributed by atoms with Crippen LogP contribution < -0.4 is 11.1 Å². The SMILES string of the molecule is CCc1cccc(CC)c1NC(=O)CO/N=C(\N)c1ccccc1CN1CCCCC1. The third-order valence-electron chi connectivity index (χ3n) is 5.76. The summed E-state index contributed by atoms with van der Waals surface area (Å²) in [6.45, 7) is 7.04. The van der Waals surface area contributed by atoms with Crippen LogP contribution in [0, 0.1) is 0 Å². The van der Waals surface area contributed by atoms with E-state index in [2.05, 4.69) is 35.3 Å². The van der Waals surface area contributed by atoms with Gasteiger partial charge >= 0.3 is 0 Å². The van der Waals surface area contributed by atoms with Gasteiger partial charge in [0.25, 0.3) is 5.91 Å². The van der Waals surface area contributed by atoms with Crippen molar-refractivity contribution in [3.63, 3.8) is 0 Å². The van der Waals surface area contributed by atoms with Gasteiger partial charge in [-0.3, -0.25) is 9.69 Å². The molecule has 3 rings (SSSR count). The summed E-state index contributed by atoms with van der Waals surface area (Å²) in [7, 11) is 0. The van der Waals surface area contributed by atoms with Crippen LogP contribution in [0.3, 0.4) is 0 Å². The molecule has 0 atom stereocenters. The maximum absolute atomic E-state index is 12.4. The van der Waals surface area contributed by atoms with E-state index >= 15 is 0 Å². The highest BCUT2D eigenvalue weighted by Crippen LogP contribution is 2.22. The summed E-state index contributed by atoms with van der Waals surface area (Å²) in [5.74, 6) is 0.0531. The van der Waals surface area contributed by atoms with Gasteiger partial charge in [0.15, 0.2) is 12.4 Å². The molecule has 6 nitrogen and oxygen atoms in total. The number of likely N-dealkylation sites (tertiary alicyclic amines) is 1. The van der Waals surface area contributed by atoms with Crippen LogP contribution in [0.15, 0.2) is 47.6 Å². The molecule has 1 aliphatic heterocycles. The van der Waals surface area contributed by atoms with Crippen LogP contribution in [0.1, 0.15) is 55.4 Å². The fourth-order valence-corrected chi connectivity index (χ4v) is 4.05. The number of aryl methyl sites for hydroxylation is 2. The molecule has 166 valence electrons. The minimum atomic E-state index is -0.242. The molecule has 0 aromatic heterocycles. The summed E-state index contributed by atoms with van der Waals surface area (Å²) in [5, 5.41) is 7.01. The maximum Gasteiger partial charge on any atom is 0.265 e. The van der Waals surface area contributed by atoms with Gasteiger partial charge in [-0.2, -0.15) is 0 Å². The molecule has 1 heterocycles. The Hall–Kier alpha value is -2.86. The van der Waals surface area contributed by atoms with Gasteiger partial charge < -0.3 is 15.9 Å². The van der Waals surface area contributed by atoms with E-state index < -0.39 is 0 Å². The molecule has 0 aliphatic carbocycles. The number of para-hydroxylation sites is 1. The first-order chi connectivity index (χ1) is 15.1. The highest BCUT2D eigenvalue weighted by atomic mass is 16.6. The van der Waals surface area contributed by atoms with Crippen LogP contribution in [-0.2, 0) is 29.0 Å². The first-order valence-corrected chi connectivity index (χ1v) is 11.3. The normalized spacial score (nSPS) is 15.0. The van der Waals surface area contributed by atoms with E-state index in [-0.39, 0.29) is 12.5 Å². The van der Waals surface area contributed by atoms with Crippen LogP contribution >= 0.6 is 0 Å². The van der Waals surface area contributed by atoms with Crippen molar-refractivity contribution in [2.45, 2.75) is 52.5 Å². The molecular formula is C25H34N4O2. The molecule has 1 aliphatic rings. The van der Waals surface area contributed by atoms with Crippen LogP contribution in [0.25, 0.3) is 0 Å². The molecule has 2 aromatic rings. The molecule has 3 N–H and O–H groups in total. The lowest BCUT2D eigenvalue weighted by Crippen LogP contribution is -2.30. The number of carbonyl (C=O) groups is 1. The molecule has 31 heavy (non-hydrogen) atoms. The highest BCUT2D eigenvalue weighted by molar-refractivity contribution is 5.98. The number of anilines is 1. The second-order valence-electron chi connectivity index (χ2n) is 7.95. The minimum Gasteiger partial charge on any atom is -0.384 e. The van der Waals surface area contributed by atoms with Crippen molar-refractivity contribution in [2.24, 2.45) is 10.9 Å². The molecule has 0 unspecified atom stereocenters. The highest BCUT2D eigenvalue weighted by Gasteiger charge is 2.14. The number of amidine groups is 1. The van der Waals surface area contributed by atoms with E-state index in [0.717, 1.165) is 60.4 Å². The van der Waals surface area contributed by atoms with Crippen molar-refractivity contribution in [2.75, 3.05) is 25.0 Å². The van der Waals surface area contributed by atoms with E-state index in [1.165, 1.54) is 19.3 Å². The number of piperidine rings is 1. The Bertz CT molecular complexity index is 882. The van der Waals surface area contributed by atoms with E-state index in [9.17, 15) is 4.79 Å². The summed E-state index contributed by atoms with van der Waals surface area (Å²) in [4.78, 5) is 20.2. The van der Waals surface area contributed by atoms with E-state index in [4.69, 9.17) is 10.6 Å². The number of nitrogens with two attached hydrogens (primary N) is 1. The maximum atomic E-state index is 12.4. The molecule has 0 radical (unpaired) electrons. The van der Waals surface area contributed by atoms with E-state index in [1.807, 2.05) is 36.4 Å². The van der Waals surface area contributed by atoms with Crippen molar-refractivity contribution in [1.82, 2.24) is 4.90 Å². The van der Waals surface area contributed by atoms with Crippen LogP contribution in [0.2, 0.25) is 0 Å². The third kappa shape index (κ3) is 6.31. The number of hydrogen-bond acceptors (Lipinski definition) is 4. The van der Waals surface area contributed by atoms with Crippen molar-refractivity contribution in [1.29, 1.82) is 0 Å². The second kappa shape index (κ2) is 11.5. The van der Waals surface area contributed by atoms with Crippen LogP contribution in [0.4, 0.5) is 5.69 Å². The van der Waals surface area contributed by atoms with Gasteiger partial charge in [-0.15, -0.1) is 0 Å². The fourth-order valence-electron chi connectivity index (χ4n) is 4.05. The Balaban J connectivity index is 1.61. The Labute approximate surface area is 185 Å². The first-order valence-electron chi connectivity index (χ1n) is 11.3. The number of rotatable bonds is 9. The van der Waals surface area contributed by atoms with Crippen LogP contribution in [-0.4, -0.2) is 36.3 Å². The average Bonchev–Trinajstić information content (AvgIpc) is 2.80. The summed E-state index contributed by atoms with van der Waals surface area (Å²) in [6, 6.07) is 14.1. The number of nitrogens with one attached hydrogen (secondary N) is 1. The number of hydrogen-bond donors (Lipinski definition) is 2. The standard InChI is InChI=1S/C25H34N4O2/c1-3-19-12-10-13-20(4-2)24(19)27-23(30)18-31-28-25(26)22-14-7-6-11-21(22)17-29-15-8-5-9-16-29/h6-7,10-14H,3-5,8-9,15-18H2,1-2H3,(H2,26,28)(H,27,30). The lowest BCUT2D eigenvalue weighted by Gasteiger charge is -2.27. The summed E-state index contributed by atoms with van der Waals surface area (Å²) < 4.78 is 0. The second-order valence-corrected chi connectivity index (χ2v) is 7.95. The van der Waals surface area contributed by atoms with E-state index in [1.54, 1.807) is 0 Å². The monoisotopic (exact) mass is 422 g/mol. The molecule has 1 amide bonds. The smallest absolute Gasteiger partial charge is 0.265 e. The molecular weight excluding hydrogens is 388 g/mol. The number of oxime groups is 1. The number of carbonyl (C=O) groups excluding carboxylic acids is 1. The van der Waals surface area contributed by atoms with Gasteiger partial charge in [-0.1, -0.05) is 67.9 Å². The first kappa shape index (κ1) is 22.8. The van der Waals surface area contributed by atoms with Gasteiger partial charge in [0, 0.05) is 17.8 Å². The molecule has 2 aromatic carbocycles. The predicted molar refractivity (Wildman–Crippen MR) is 126 cm³/mol. The third-order valence-corrected chi connectivity index (χ3v) is 5.76. The predicted octanol–water partition coefficient (Wildman–Crippen LogP) is 4.07. The van der Waals surface area contributed by atoms with E-state index in [0.29, 0.717) is 5.84 Å². The Kier molecular flexibility index (Phi) is 8.47. The molecule has 0 saturated carbocycles. The van der Waals surface area contributed by atoms with Gasteiger partial charge in [-0.05, 0) is 55.5 Å². The van der Waals surface area contributed by atoms with Crippen molar-refractivity contribution in [3.8, 4) is 0 Å². The number of amides is 1. The zero-order chi connectivity index (χ0) is 22.1. The molecule has 0 bridgehead atoms. The lowest BCUT2D eigenvalue weighted by molar-refractivity contribution is -0.120. The van der Waals surface area contributed by atoms with Crippen molar-refractivity contribution >= 4 is 17.4 Å². The quantitative estimate of drug-likeness (QED) is 0.363. The zero-order valence-electron chi connectivity index (χ0n) is 18.7. The largest absolute Gasteiger partial charge is 0.384 e. The summed E-state index contributed by atoms with van der Waals surface area (Å²) in [5.41, 5.74) is 11.3.